The number of benzene rings is 2. The summed E-state index contributed by atoms with van der Waals surface area (Å²) in [5.41, 5.74) is 0.533. The van der Waals surface area contributed by atoms with Crippen LogP contribution in [0.25, 0.3) is 6.08 Å². The molecular formula is C17H12N2O5. The number of hydrogen-bond acceptors (Lipinski definition) is 6. The largest absolute Gasteiger partial charge is 0.493 e. The van der Waals surface area contributed by atoms with Gasteiger partial charge in [0.05, 0.1) is 29.2 Å². The Kier molecular flexibility index (Phi) is 5.26. The van der Waals surface area contributed by atoms with Crippen LogP contribution in [-0.2, 0) is 4.79 Å². The number of carbonyl (C=O) groups is 1. The number of esters is 1. The van der Waals surface area contributed by atoms with E-state index in [0.717, 1.165) is 6.08 Å². The Hall–Kier alpha value is -3.66. The molecule has 0 atom stereocenters. The molecule has 0 unspecified atom stereocenters. The van der Waals surface area contributed by atoms with Crippen molar-refractivity contribution in [2.75, 3.05) is 7.11 Å². The van der Waals surface area contributed by atoms with Crippen LogP contribution in [0.1, 0.15) is 11.1 Å². The van der Waals surface area contributed by atoms with E-state index in [2.05, 4.69) is 0 Å². The van der Waals surface area contributed by atoms with Gasteiger partial charge in [-0.15, -0.1) is 0 Å². The quantitative estimate of drug-likeness (QED) is 0.275. The van der Waals surface area contributed by atoms with Gasteiger partial charge < -0.3 is 9.47 Å². The lowest BCUT2D eigenvalue weighted by atomic mass is 10.1. The van der Waals surface area contributed by atoms with Crippen LogP contribution in [0.4, 0.5) is 5.69 Å². The molecule has 0 bridgehead atoms. The topological polar surface area (TPSA) is 102 Å². The highest BCUT2D eigenvalue weighted by atomic mass is 16.6. The zero-order valence-corrected chi connectivity index (χ0v) is 12.6. The number of nitro benzene ring substituents is 1. The standard InChI is InChI=1S/C17H12N2O5/c1-23-16-10-12(11-18)6-8-15(16)24-17(20)9-7-13-4-2-3-5-14(13)19(21)22/h2-10H,1H3/b9-7+. The molecule has 0 saturated carbocycles. The maximum atomic E-state index is 11.9. The third-order valence-electron chi connectivity index (χ3n) is 3.04. The van der Waals surface area contributed by atoms with Crippen LogP contribution >= 0.6 is 0 Å². The van der Waals surface area contributed by atoms with Crippen LogP contribution in [0.2, 0.25) is 0 Å². The minimum atomic E-state index is -0.726. The summed E-state index contributed by atoms with van der Waals surface area (Å²) >= 11 is 0. The van der Waals surface area contributed by atoms with Crippen molar-refractivity contribution in [3.63, 3.8) is 0 Å². The highest BCUT2D eigenvalue weighted by Crippen LogP contribution is 2.28. The fourth-order valence-corrected chi connectivity index (χ4v) is 1.92. The first kappa shape index (κ1) is 16.7. The Morgan fingerprint density at radius 3 is 2.67 bits per heavy atom. The van der Waals surface area contributed by atoms with E-state index in [1.165, 1.54) is 49.6 Å². The molecule has 2 aromatic carbocycles. The Morgan fingerprint density at radius 2 is 2.00 bits per heavy atom. The van der Waals surface area contributed by atoms with Crippen molar-refractivity contribution in [3.05, 3.63) is 69.8 Å². The lowest BCUT2D eigenvalue weighted by Crippen LogP contribution is -2.05. The van der Waals surface area contributed by atoms with Gasteiger partial charge in [-0.25, -0.2) is 4.79 Å². The summed E-state index contributed by atoms with van der Waals surface area (Å²) in [5.74, 6) is -0.341. The maximum Gasteiger partial charge on any atom is 0.336 e. The molecule has 7 heteroatoms. The molecule has 0 fully saturated rings. The van der Waals surface area contributed by atoms with Crippen molar-refractivity contribution in [1.29, 1.82) is 5.26 Å². The van der Waals surface area contributed by atoms with Crippen molar-refractivity contribution in [1.82, 2.24) is 0 Å². The van der Waals surface area contributed by atoms with Crippen LogP contribution in [-0.4, -0.2) is 18.0 Å². The molecule has 0 N–H and O–H groups in total. The third kappa shape index (κ3) is 3.96. The van der Waals surface area contributed by atoms with Crippen molar-refractivity contribution in [2.45, 2.75) is 0 Å². The minimum absolute atomic E-state index is 0.113. The monoisotopic (exact) mass is 324 g/mol. The number of nitriles is 1. The van der Waals surface area contributed by atoms with E-state index in [0.29, 0.717) is 5.56 Å². The van der Waals surface area contributed by atoms with E-state index in [-0.39, 0.29) is 22.7 Å². The van der Waals surface area contributed by atoms with Crippen LogP contribution in [0.15, 0.2) is 48.5 Å². The average Bonchev–Trinajstić information content (AvgIpc) is 2.60. The Morgan fingerprint density at radius 1 is 1.25 bits per heavy atom. The summed E-state index contributed by atoms with van der Waals surface area (Å²) in [5, 5.41) is 19.7. The Bertz CT molecular complexity index is 852. The fraction of sp³-hybridized carbons (Fsp3) is 0.0588. The van der Waals surface area contributed by atoms with Gasteiger partial charge in [0.2, 0.25) is 0 Å². The van der Waals surface area contributed by atoms with E-state index >= 15 is 0 Å². The molecular weight excluding hydrogens is 312 g/mol. The molecule has 24 heavy (non-hydrogen) atoms. The molecule has 2 rings (SSSR count). The van der Waals surface area contributed by atoms with Gasteiger partial charge in [0, 0.05) is 18.2 Å². The van der Waals surface area contributed by atoms with E-state index in [9.17, 15) is 14.9 Å². The first-order valence-electron chi connectivity index (χ1n) is 6.76. The zero-order valence-electron chi connectivity index (χ0n) is 12.6. The minimum Gasteiger partial charge on any atom is -0.493 e. The number of carbonyl (C=O) groups excluding carboxylic acids is 1. The van der Waals surface area contributed by atoms with E-state index in [1.54, 1.807) is 6.07 Å². The van der Waals surface area contributed by atoms with Crippen molar-refractivity contribution >= 4 is 17.7 Å². The normalized spacial score (nSPS) is 10.2. The van der Waals surface area contributed by atoms with Crippen LogP contribution in [0.3, 0.4) is 0 Å². The molecule has 0 amide bonds. The van der Waals surface area contributed by atoms with Gasteiger partial charge in [-0.2, -0.15) is 5.26 Å². The average molecular weight is 324 g/mol. The smallest absolute Gasteiger partial charge is 0.336 e. The number of methoxy groups -OCH3 is 1. The number of nitro groups is 1. The van der Waals surface area contributed by atoms with Crippen molar-refractivity contribution in [3.8, 4) is 17.6 Å². The Labute approximate surface area is 137 Å². The highest BCUT2D eigenvalue weighted by molar-refractivity contribution is 5.89. The number of para-hydroxylation sites is 1. The molecule has 7 nitrogen and oxygen atoms in total. The molecule has 0 spiro atoms. The SMILES string of the molecule is COc1cc(C#N)ccc1OC(=O)/C=C/c1ccccc1[N+](=O)[O-]. The molecule has 120 valence electrons. The van der Waals surface area contributed by atoms with Gasteiger partial charge in [-0.1, -0.05) is 12.1 Å². The van der Waals surface area contributed by atoms with Gasteiger partial charge in [0.15, 0.2) is 11.5 Å². The predicted molar refractivity (Wildman–Crippen MR) is 85.5 cm³/mol. The molecule has 0 aromatic heterocycles. The Balaban J connectivity index is 2.17. The number of ether oxygens (including phenoxy) is 2. The summed E-state index contributed by atoms with van der Waals surface area (Å²) in [7, 11) is 1.39. The van der Waals surface area contributed by atoms with Crippen LogP contribution < -0.4 is 9.47 Å². The van der Waals surface area contributed by atoms with E-state index in [4.69, 9.17) is 14.7 Å². The van der Waals surface area contributed by atoms with Gasteiger partial charge in [-0.05, 0) is 24.3 Å². The highest BCUT2D eigenvalue weighted by Gasteiger charge is 2.12. The number of hydrogen-bond donors (Lipinski definition) is 0. The van der Waals surface area contributed by atoms with Gasteiger partial charge in [-0.3, -0.25) is 10.1 Å². The molecule has 0 radical (unpaired) electrons. The first-order valence-corrected chi connectivity index (χ1v) is 6.76. The van der Waals surface area contributed by atoms with Gasteiger partial charge >= 0.3 is 5.97 Å². The summed E-state index contributed by atoms with van der Waals surface area (Å²) in [6, 6.07) is 12.3. The van der Waals surface area contributed by atoms with E-state index < -0.39 is 10.9 Å². The lowest BCUT2D eigenvalue weighted by molar-refractivity contribution is -0.385. The number of nitrogens with zero attached hydrogens (tertiary/aromatic N) is 2. The van der Waals surface area contributed by atoms with Crippen LogP contribution in [0, 0.1) is 21.4 Å². The first-order chi connectivity index (χ1) is 11.5. The second-order valence-electron chi connectivity index (χ2n) is 4.55. The molecule has 0 aliphatic rings. The predicted octanol–water partition coefficient (Wildman–Crippen LogP) is 3.09. The summed E-state index contributed by atoms with van der Waals surface area (Å²) < 4.78 is 10.2. The summed E-state index contributed by atoms with van der Waals surface area (Å²) in [6.07, 6.45) is 2.39. The van der Waals surface area contributed by atoms with E-state index in [1.807, 2.05) is 6.07 Å². The fourth-order valence-electron chi connectivity index (χ4n) is 1.92. The summed E-state index contributed by atoms with van der Waals surface area (Å²) in [4.78, 5) is 22.3. The lowest BCUT2D eigenvalue weighted by Gasteiger charge is -2.07. The second kappa shape index (κ2) is 7.56. The summed E-state index contributed by atoms with van der Waals surface area (Å²) in [6.45, 7) is 0. The van der Waals surface area contributed by atoms with Crippen molar-refractivity contribution < 1.29 is 19.2 Å². The molecule has 2 aromatic rings. The third-order valence-corrected chi connectivity index (χ3v) is 3.04. The van der Waals surface area contributed by atoms with Gasteiger partial charge in [0.25, 0.3) is 5.69 Å². The van der Waals surface area contributed by atoms with Crippen LogP contribution in [0.5, 0.6) is 11.5 Å². The molecule has 0 aliphatic heterocycles. The maximum absolute atomic E-state index is 11.9. The second-order valence-corrected chi connectivity index (χ2v) is 4.55. The molecule has 0 heterocycles. The van der Waals surface area contributed by atoms with Crippen molar-refractivity contribution in [2.24, 2.45) is 0 Å². The molecule has 0 aliphatic carbocycles. The zero-order chi connectivity index (χ0) is 17.5. The van der Waals surface area contributed by atoms with Gasteiger partial charge in [0.1, 0.15) is 0 Å². The molecule has 0 saturated heterocycles. The number of rotatable bonds is 5.